The van der Waals surface area contributed by atoms with E-state index >= 15 is 0 Å². The van der Waals surface area contributed by atoms with Crippen molar-refractivity contribution in [2.24, 2.45) is 7.05 Å². The van der Waals surface area contributed by atoms with Gasteiger partial charge in [-0.2, -0.15) is 0 Å². The molecule has 1 aliphatic rings. The van der Waals surface area contributed by atoms with Gasteiger partial charge in [0.05, 0.1) is 12.1 Å². The molecule has 18 heavy (non-hydrogen) atoms. The number of aromatic amines is 1. The van der Waals surface area contributed by atoms with Crippen LogP contribution in [0.15, 0.2) is 9.59 Å². The molecule has 1 aromatic rings. The molecule has 0 aliphatic heterocycles. The predicted molar refractivity (Wildman–Crippen MR) is 68.6 cm³/mol. The highest BCUT2D eigenvalue weighted by molar-refractivity contribution is 5.60. The highest BCUT2D eigenvalue weighted by atomic mass is 16.3. The maximum absolute atomic E-state index is 11.7. The average molecular weight is 254 g/mol. The van der Waals surface area contributed by atoms with Crippen molar-refractivity contribution in [3.63, 3.8) is 0 Å². The first-order valence-corrected chi connectivity index (χ1v) is 6.04. The van der Waals surface area contributed by atoms with Gasteiger partial charge in [0.1, 0.15) is 11.5 Å². The molecule has 5 N–H and O–H groups in total. The topological polar surface area (TPSA) is 113 Å². The maximum Gasteiger partial charge on any atom is 0.329 e. The Hall–Kier alpha value is -1.76. The number of nitrogens with two attached hydrogens (primary N) is 1. The first-order valence-electron chi connectivity index (χ1n) is 6.04. The first kappa shape index (κ1) is 12.7. The molecule has 2 unspecified atom stereocenters. The molecule has 0 bridgehead atoms. The predicted octanol–water partition coefficient (Wildman–Crippen LogP) is -0.629. The standard InChI is InChI=1S/C11H18N4O3/c1-15-9(12)8(10(17)14-11(15)18)13-6-4-2-3-5-7(6)16/h6-7,13,16H,2-5,12H2,1H3,(H,14,17,18). The number of aliphatic hydroxyl groups is 1. The number of aromatic nitrogens is 2. The van der Waals surface area contributed by atoms with Crippen LogP contribution in [0.1, 0.15) is 25.7 Å². The monoisotopic (exact) mass is 254 g/mol. The molecule has 0 saturated heterocycles. The van der Waals surface area contributed by atoms with Gasteiger partial charge in [-0.25, -0.2) is 4.79 Å². The highest BCUT2D eigenvalue weighted by Crippen LogP contribution is 2.22. The Labute approximate surface area is 104 Å². The summed E-state index contributed by atoms with van der Waals surface area (Å²) >= 11 is 0. The van der Waals surface area contributed by atoms with Crippen molar-refractivity contribution in [2.45, 2.75) is 37.8 Å². The first-order chi connectivity index (χ1) is 8.50. The van der Waals surface area contributed by atoms with E-state index in [0.717, 1.165) is 19.3 Å². The third kappa shape index (κ3) is 2.26. The fraction of sp³-hybridized carbons (Fsp3) is 0.636. The van der Waals surface area contributed by atoms with E-state index in [1.165, 1.54) is 11.6 Å². The second-order valence-corrected chi connectivity index (χ2v) is 4.68. The van der Waals surface area contributed by atoms with Gasteiger partial charge < -0.3 is 16.2 Å². The van der Waals surface area contributed by atoms with Crippen molar-refractivity contribution in [1.29, 1.82) is 0 Å². The van der Waals surface area contributed by atoms with Gasteiger partial charge in [-0.15, -0.1) is 0 Å². The van der Waals surface area contributed by atoms with Crippen molar-refractivity contribution in [1.82, 2.24) is 9.55 Å². The molecule has 1 fully saturated rings. The quantitative estimate of drug-likeness (QED) is 0.561. The molecule has 7 heteroatoms. The number of aliphatic hydroxyl groups excluding tert-OH is 1. The number of nitrogens with one attached hydrogen (secondary N) is 2. The van der Waals surface area contributed by atoms with Crippen LogP contribution in [-0.2, 0) is 7.05 Å². The molecule has 0 spiro atoms. The lowest BCUT2D eigenvalue weighted by molar-refractivity contribution is 0.116. The second kappa shape index (κ2) is 4.85. The fourth-order valence-electron chi connectivity index (χ4n) is 2.24. The zero-order valence-corrected chi connectivity index (χ0v) is 10.3. The van der Waals surface area contributed by atoms with Gasteiger partial charge in [-0.3, -0.25) is 14.3 Å². The van der Waals surface area contributed by atoms with E-state index < -0.39 is 17.4 Å². The van der Waals surface area contributed by atoms with E-state index in [4.69, 9.17) is 5.73 Å². The Morgan fingerprint density at radius 2 is 2.06 bits per heavy atom. The normalized spacial score (nSPS) is 23.9. The van der Waals surface area contributed by atoms with Crippen LogP contribution in [0.5, 0.6) is 0 Å². The molecule has 2 rings (SSSR count). The van der Waals surface area contributed by atoms with E-state index in [9.17, 15) is 14.7 Å². The molecule has 1 aromatic heterocycles. The second-order valence-electron chi connectivity index (χ2n) is 4.68. The summed E-state index contributed by atoms with van der Waals surface area (Å²) in [5.41, 5.74) is 4.80. The highest BCUT2D eigenvalue weighted by Gasteiger charge is 2.24. The van der Waals surface area contributed by atoms with Crippen LogP contribution in [0.3, 0.4) is 0 Å². The maximum atomic E-state index is 11.7. The molecule has 7 nitrogen and oxygen atoms in total. The Morgan fingerprint density at radius 1 is 1.39 bits per heavy atom. The molecule has 2 atom stereocenters. The van der Waals surface area contributed by atoms with E-state index in [1.807, 2.05) is 0 Å². The molecule has 100 valence electrons. The smallest absolute Gasteiger partial charge is 0.329 e. The Morgan fingerprint density at radius 3 is 2.72 bits per heavy atom. The van der Waals surface area contributed by atoms with Crippen LogP contribution in [0.2, 0.25) is 0 Å². The van der Waals surface area contributed by atoms with Crippen molar-refractivity contribution in [3.8, 4) is 0 Å². The Bertz CT molecular complexity index is 548. The number of hydrogen-bond donors (Lipinski definition) is 4. The lowest BCUT2D eigenvalue weighted by atomic mass is 9.92. The van der Waals surface area contributed by atoms with Crippen molar-refractivity contribution < 1.29 is 5.11 Å². The third-order valence-electron chi connectivity index (χ3n) is 3.43. The van der Waals surface area contributed by atoms with Crippen molar-refractivity contribution in [3.05, 3.63) is 20.8 Å². The third-order valence-corrected chi connectivity index (χ3v) is 3.43. The van der Waals surface area contributed by atoms with Gasteiger partial charge in [-0.05, 0) is 12.8 Å². The summed E-state index contributed by atoms with van der Waals surface area (Å²) in [6.45, 7) is 0. The van der Waals surface area contributed by atoms with Crippen LogP contribution >= 0.6 is 0 Å². The summed E-state index contributed by atoms with van der Waals surface area (Å²) in [4.78, 5) is 25.2. The number of H-pyrrole nitrogens is 1. The summed E-state index contributed by atoms with van der Waals surface area (Å²) < 4.78 is 1.17. The van der Waals surface area contributed by atoms with Crippen molar-refractivity contribution in [2.75, 3.05) is 11.1 Å². The summed E-state index contributed by atoms with van der Waals surface area (Å²) in [6.07, 6.45) is 2.98. The summed E-state index contributed by atoms with van der Waals surface area (Å²) in [7, 11) is 1.48. The van der Waals surface area contributed by atoms with Gasteiger partial charge in [-0.1, -0.05) is 12.8 Å². The minimum atomic E-state index is -0.549. The van der Waals surface area contributed by atoms with Crippen molar-refractivity contribution >= 4 is 11.5 Å². The van der Waals surface area contributed by atoms with Gasteiger partial charge in [0.2, 0.25) is 0 Å². The van der Waals surface area contributed by atoms with E-state index in [0.29, 0.717) is 6.42 Å². The molecule has 0 radical (unpaired) electrons. The van der Waals surface area contributed by atoms with E-state index in [2.05, 4.69) is 10.3 Å². The lowest BCUT2D eigenvalue weighted by Gasteiger charge is -2.29. The van der Waals surface area contributed by atoms with Gasteiger partial charge in [0, 0.05) is 7.05 Å². The number of anilines is 2. The zero-order chi connectivity index (χ0) is 13.3. The molecule has 1 heterocycles. The lowest BCUT2D eigenvalue weighted by Crippen LogP contribution is -2.40. The van der Waals surface area contributed by atoms with Gasteiger partial charge in [0.25, 0.3) is 5.56 Å². The Kier molecular flexibility index (Phi) is 3.42. The average Bonchev–Trinajstić information content (AvgIpc) is 2.34. The number of hydrogen-bond acceptors (Lipinski definition) is 5. The minimum Gasteiger partial charge on any atom is -0.391 e. The minimum absolute atomic E-state index is 0.0847. The number of rotatable bonds is 2. The molecular formula is C11H18N4O3. The van der Waals surface area contributed by atoms with E-state index in [1.54, 1.807) is 0 Å². The van der Waals surface area contributed by atoms with Gasteiger partial charge >= 0.3 is 5.69 Å². The summed E-state index contributed by atoms with van der Waals surface area (Å²) in [6, 6.07) is -0.195. The van der Waals surface area contributed by atoms with E-state index in [-0.39, 0.29) is 17.5 Å². The number of nitrogen functional groups attached to an aromatic ring is 1. The SMILES string of the molecule is Cn1c(N)c(NC2CCCCC2O)c(=O)[nH]c1=O. The van der Waals surface area contributed by atoms with Crippen LogP contribution in [0.4, 0.5) is 11.5 Å². The van der Waals surface area contributed by atoms with Gasteiger partial charge in [0.15, 0.2) is 0 Å². The Balaban J connectivity index is 2.32. The molecule has 0 aromatic carbocycles. The largest absolute Gasteiger partial charge is 0.391 e. The molecular weight excluding hydrogens is 236 g/mol. The molecule has 0 amide bonds. The number of nitrogens with zero attached hydrogens (tertiary/aromatic N) is 1. The summed E-state index contributed by atoms with van der Waals surface area (Å²) in [5, 5.41) is 12.8. The molecule has 1 aliphatic carbocycles. The van der Waals surface area contributed by atoms with Crippen LogP contribution in [0, 0.1) is 0 Å². The van der Waals surface area contributed by atoms with Crippen LogP contribution in [0.25, 0.3) is 0 Å². The molecule has 1 saturated carbocycles. The summed E-state index contributed by atoms with van der Waals surface area (Å²) in [5.74, 6) is 0.0847. The fourth-order valence-corrected chi connectivity index (χ4v) is 2.24. The van der Waals surface area contributed by atoms with Crippen LogP contribution < -0.4 is 22.3 Å². The van der Waals surface area contributed by atoms with Crippen LogP contribution in [-0.4, -0.2) is 26.8 Å². The zero-order valence-electron chi connectivity index (χ0n) is 10.3.